The Bertz CT molecular complexity index is 650. The SMILES string of the molecule is Cc1ccc([O-])c(C(=O)O)c1.Cc1ccc([O-])c(C(=O)O)c1.[Cu+2]. The molecule has 2 aromatic rings. The first-order chi connectivity index (χ1) is 10.2. The van der Waals surface area contributed by atoms with Crippen molar-refractivity contribution in [1.29, 1.82) is 0 Å². The molecule has 1 radical (unpaired) electrons. The van der Waals surface area contributed by atoms with E-state index in [4.69, 9.17) is 10.2 Å². The third-order valence-corrected chi connectivity index (χ3v) is 2.73. The first-order valence-corrected chi connectivity index (χ1v) is 6.24. The van der Waals surface area contributed by atoms with E-state index in [1.807, 2.05) is 0 Å². The van der Waals surface area contributed by atoms with Crippen molar-refractivity contribution in [2.24, 2.45) is 0 Å². The molecule has 6 nitrogen and oxygen atoms in total. The summed E-state index contributed by atoms with van der Waals surface area (Å²) in [6.07, 6.45) is 0. The molecule has 0 bridgehead atoms. The standard InChI is InChI=1S/2C8H8O3.Cu/c2*1-5-2-3-7(9)6(4-5)8(10)11;/h2*2-4,9H,1H3,(H,10,11);/q;;+2/p-2. The summed E-state index contributed by atoms with van der Waals surface area (Å²) in [7, 11) is 0. The molecule has 0 aliphatic rings. The fourth-order valence-electron chi connectivity index (χ4n) is 1.62. The molecule has 0 aliphatic carbocycles. The van der Waals surface area contributed by atoms with Crippen LogP contribution in [0.25, 0.3) is 0 Å². The molecule has 7 heteroatoms. The van der Waals surface area contributed by atoms with Gasteiger partial charge in [-0.15, -0.1) is 0 Å². The smallest absolute Gasteiger partial charge is 0.872 e. The number of hydrogen-bond acceptors (Lipinski definition) is 4. The predicted octanol–water partition coefficient (Wildman–Crippen LogP) is 1.53. The maximum absolute atomic E-state index is 10.8. The normalized spacial score (nSPS) is 9.13. The van der Waals surface area contributed by atoms with Gasteiger partial charge in [0.1, 0.15) is 0 Å². The van der Waals surface area contributed by atoms with Crippen LogP contribution in [0.15, 0.2) is 36.4 Å². The Hall–Kier alpha value is -2.50. The Morgan fingerprint density at radius 1 is 0.783 bits per heavy atom. The Kier molecular flexibility index (Phi) is 7.87. The molecular formula is C16H14CuO6. The zero-order valence-corrected chi connectivity index (χ0v) is 13.2. The molecule has 0 aromatic heterocycles. The van der Waals surface area contributed by atoms with Gasteiger partial charge in [0.15, 0.2) is 0 Å². The summed E-state index contributed by atoms with van der Waals surface area (Å²) in [6, 6.07) is 8.44. The van der Waals surface area contributed by atoms with Crippen LogP contribution < -0.4 is 10.2 Å². The number of carboxylic acid groups (broad SMARTS) is 2. The van der Waals surface area contributed by atoms with Gasteiger partial charge in [-0.2, -0.15) is 0 Å². The molecule has 0 aliphatic heterocycles. The second kappa shape index (κ2) is 8.82. The number of aromatic carboxylic acids is 2. The number of carbonyl (C=O) groups is 2. The molecule has 125 valence electrons. The summed E-state index contributed by atoms with van der Waals surface area (Å²) in [5, 5.41) is 38.6. The van der Waals surface area contributed by atoms with Crippen molar-refractivity contribution in [3.8, 4) is 11.5 Å². The first kappa shape index (κ1) is 20.5. The fraction of sp³-hybridized carbons (Fsp3) is 0.125. The third-order valence-electron chi connectivity index (χ3n) is 2.73. The summed E-state index contributed by atoms with van der Waals surface area (Å²) < 4.78 is 0. The molecule has 0 fully saturated rings. The van der Waals surface area contributed by atoms with Gasteiger partial charge < -0.3 is 20.4 Å². The molecule has 0 saturated heterocycles. The predicted molar refractivity (Wildman–Crippen MR) is 75.2 cm³/mol. The molecule has 23 heavy (non-hydrogen) atoms. The monoisotopic (exact) mass is 365 g/mol. The maximum Gasteiger partial charge on any atom is 2.00 e. The van der Waals surface area contributed by atoms with E-state index in [-0.39, 0.29) is 28.2 Å². The van der Waals surface area contributed by atoms with Gasteiger partial charge >= 0.3 is 29.0 Å². The van der Waals surface area contributed by atoms with Crippen LogP contribution in [0.2, 0.25) is 0 Å². The van der Waals surface area contributed by atoms with E-state index in [1.54, 1.807) is 26.0 Å². The van der Waals surface area contributed by atoms with Crippen LogP contribution in [-0.2, 0) is 17.1 Å². The van der Waals surface area contributed by atoms with Crippen LogP contribution in [0.3, 0.4) is 0 Å². The summed E-state index contributed by atoms with van der Waals surface area (Å²) in [5.41, 5.74) is 1.24. The van der Waals surface area contributed by atoms with E-state index >= 15 is 0 Å². The average Bonchev–Trinajstić information content (AvgIpc) is 2.44. The van der Waals surface area contributed by atoms with Crippen LogP contribution in [0.4, 0.5) is 0 Å². The zero-order chi connectivity index (χ0) is 16.9. The molecule has 0 atom stereocenters. The van der Waals surface area contributed by atoms with E-state index in [0.29, 0.717) is 0 Å². The summed E-state index contributed by atoms with van der Waals surface area (Å²) in [4.78, 5) is 20.7. The topological polar surface area (TPSA) is 121 Å². The third kappa shape index (κ3) is 6.02. The minimum atomic E-state index is -1.17. The van der Waals surface area contributed by atoms with Gasteiger partial charge in [0.05, 0.1) is 11.1 Å². The summed E-state index contributed by atoms with van der Waals surface area (Å²) in [5.74, 6) is -3.22. The molecule has 0 amide bonds. The molecular weight excluding hydrogens is 352 g/mol. The van der Waals surface area contributed by atoms with Gasteiger partial charge in [-0.1, -0.05) is 46.9 Å². The van der Waals surface area contributed by atoms with Crippen molar-refractivity contribution >= 4 is 11.9 Å². The van der Waals surface area contributed by atoms with E-state index < -0.39 is 23.4 Å². The number of hydrogen-bond donors (Lipinski definition) is 2. The van der Waals surface area contributed by atoms with Gasteiger partial charge in [-0.05, 0) is 26.0 Å². The fourth-order valence-corrected chi connectivity index (χ4v) is 1.62. The van der Waals surface area contributed by atoms with E-state index in [2.05, 4.69) is 0 Å². The second-order valence-electron chi connectivity index (χ2n) is 4.61. The number of aryl methyl sites for hydroxylation is 2. The first-order valence-electron chi connectivity index (χ1n) is 6.24. The van der Waals surface area contributed by atoms with Crippen molar-refractivity contribution < 1.29 is 47.1 Å². The van der Waals surface area contributed by atoms with Crippen LogP contribution in [0, 0.1) is 13.8 Å². The quantitative estimate of drug-likeness (QED) is 0.778. The molecule has 0 unspecified atom stereocenters. The van der Waals surface area contributed by atoms with Gasteiger partial charge in [-0.25, -0.2) is 9.59 Å². The van der Waals surface area contributed by atoms with Crippen molar-refractivity contribution in [2.45, 2.75) is 13.8 Å². The van der Waals surface area contributed by atoms with Crippen molar-refractivity contribution in [1.82, 2.24) is 0 Å². The van der Waals surface area contributed by atoms with E-state index in [1.165, 1.54) is 24.3 Å². The van der Waals surface area contributed by atoms with Crippen molar-refractivity contribution in [2.75, 3.05) is 0 Å². The zero-order valence-electron chi connectivity index (χ0n) is 12.3. The van der Waals surface area contributed by atoms with Crippen LogP contribution >= 0.6 is 0 Å². The molecule has 0 spiro atoms. The minimum Gasteiger partial charge on any atom is -0.872 e. The minimum absolute atomic E-state index is 0. The van der Waals surface area contributed by atoms with Crippen molar-refractivity contribution in [3.05, 3.63) is 58.7 Å². The van der Waals surface area contributed by atoms with Crippen LogP contribution in [-0.4, -0.2) is 22.2 Å². The average molecular weight is 366 g/mol. The Balaban J connectivity index is 0.000000403. The Morgan fingerprint density at radius 3 is 1.30 bits per heavy atom. The molecule has 0 saturated carbocycles. The number of benzene rings is 2. The maximum atomic E-state index is 10.8. The summed E-state index contributed by atoms with van der Waals surface area (Å²) >= 11 is 0. The molecule has 2 rings (SSSR count). The second-order valence-corrected chi connectivity index (χ2v) is 4.61. The van der Waals surface area contributed by atoms with Gasteiger partial charge in [0.25, 0.3) is 0 Å². The van der Waals surface area contributed by atoms with Gasteiger partial charge in [-0.3, -0.25) is 0 Å². The molecule has 0 heterocycles. The van der Waals surface area contributed by atoms with Gasteiger partial charge in [0.2, 0.25) is 0 Å². The Labute approximate surface area is 143 Å². The number of rotatable bonds is 2. The van der Waals surface area contributed by atoms with Crippen LogP contribution in [0.5, 0.6) is 11.5 Å². The largest absolute Gasteiger partial charge is 2.00 e. The Morgan fingerprint density at radius 2 is 1.09 bits per heavy atom. The van der Waals surface area contributed by atoms with Crippen molar-refractivity contribution in [3.63, 3.8) is 0 Å². The van der Waals surface area contributed by atoms with Crippen LogP contribution in [0.1, 0.15) is 31.8 Å². The van der Waals surface area contributed by atoms with E-state index in [9.17, 15) is 19.8 Å². The number of carboxylic acids is 2. The molecule has 2 N–H and O–H groups in total. The summed E-state index contributed by atoms with van der Waals surface area (Å²) in [6.45, 7) is 3.48. The van der Waals surface area contributed by atoms with E-state index in [0.717, 1.165) is 11.1 Å². The van der Waals surface area contributed by atoms with Gasteiger partial charge in [0, 0.05) is 0 Å². The molecule has 2 aromatic carbocycles.